The van der Waals surface area contributed by atoms with E-state index >= 15 is 0 Å². The molecule has 1 N–H and O–H groups in total. The molecule has 0 aliphatic carbocycles. The molecule has 2 aromatic rings. The number of nitrogens with zero attached hydrogens (tertiary/aromatic N) is 2. The fourth-order valence-corrected chi connectivity index (χ4v) is 2.30. The van der Waals surface area contributed by atoms with E-state index in [4.69, 9.17) is 16.3 Å². The molecule has 7 heteroatoms. The van der Waals surface area contributed by atoms with Gasteiger partial charge in [-0.2, -0.15) is 0 Å². The highest BCUT2D eigenvalue weighted by atomic mass is 35.5. The Morgan fingerprint density at radius 2 is 1.67 bits per heavy atom. The van der Waals surface area contributed by atoms with Crippen LogP contribution >= 0.6 is 11.6 Å². The lowest BCUT2D eigenvalue weighted by molar-refractivity contribution is -0.132. The van der Waals surface area contributed by atoms with Crippen molar-refractivity contribution < 1.29 is 14.3 Å². The molecular weight excluding hydrogens is 330 g/mol. The van der Waals surface area contributed by atoms with Crippen LogP contribution in [0.3, 0.4) is 0 Å². The summed E-state index contributed by atoms with van der Waals surface area (Å²) in [5.41, 5.74) is 1.79. The summed E-state index contributed by atoms with van der Waals surface area (Å²) in [6.45, 7) is 6.46. The predicted octanol–water partition coefficient (Wildman–Crippen LogP) is 3.41. The molecule has 0 fully saturated rings. The predicted molar refractivity (Wildman–Crippen MR) is 91.3 cm³/mol. The summed E-state index contributed by atoms with van der Waals surface area (Å²) in [7, 11) is 0. The molecule has 1 atom stereocenters. The molecule has 1 amide bonds. The number of rotatable bonds is 4. The number of nitrogens with one attached hydrogen (secondary N) is 1. The summed E-state index contributed by atoms with van der Waals surface area (Å²) in [6, 6.07) is 7.07. The number of hydrogen-bond donors (Lipinski definition) is 1. The SMILES string of the molecule is CC(=O)Oc1c(C)nc(NC(=O)C(C)c2ccc(Cl)cc2)nc1C. The van der Waals surface area contributed by atoms with Crippen LogP contribution in [0.4, 0.5) is 5.95 Å². The molecule has 2 rings (SSSR count). The third-order valence-corrected chi connectivity index (χ3v) is 3.70. The zero-order chi connectivity index (χ0) is 17.9. The standard InChI is InChI=1S/C17H18ClN3O3/c1-9(13-5-7-14(18)8-6-13)16(23)21-17-19-10(2)15(11(3)20-17)24-12(4)22/h5-9H,1-4H3,(H,19,20,21,23). The summed E-state index contributed by atoms with van der Waals surface area (Å²) >= 11 is 5.85. The van der Waals surface area contributed by atoms with Crippen LogP contribution in [0.5, 0.6) is 5.75 Å². The normalized spacial score (nSPS) is 11.7. The first-order valence-corrected chi connectivity index (χ1v) is 7.75. The van der Waals surface area contributed by atoms with Crippen molar-refractivity contribution in [1.82, 2.24) is 9.97 Å². The van der Waals surface area contributed by atoms with Gasteiger partial charge in [-0.25, -0.2) is 9.97 Å². The topological polar surface area (TPSA) is 81.2 Å². The number of aryl methyl sites for hydroxylation is 2. The van der Waals surface area contributed by atoms with Gasteiger partial charge in [-0.15, -0.1) is 0 Å². The molecule has 0 aliphatic heterocycles. The minimum Gasteiger partial charge on any atom is -0.423 e. The molecule has 1 aromatic heterocycles. The van der Waals surface area contributed by atoms with Crippen LogP contribution in [0, 0.1) is 13.8 Å². The fraction of sp³-hybridized carbons (Fsp3) is 0.294. The number of carbonyl (C=O) groups excluding carboxylic acids is 2. The van der Waals surface area contributed by atoms with Gasteiger partial charge in [-0.1, -0.05) is 23.7 Å². The minimum atomic E-state index is -0.446. The van der Waals surface area contributed by atoms with Crippen LogP contribution in [0.2, 0.25) is 5.02 Å². The van der Waals surface area contributed by atoms with Crippen molar-refractivity contribution in [2.45, 2.75) is 33.6 Å². The third kappa shape index (κ3) is 4.29. The van der Waals surface area contributed by atoms with Crippen LogP contribution in [-0.2, 0) is 9.59 Å². The Hall–Kier alpha value is -2.47. The lowest BCUT2D eigenvalue weighted by Crippen LogP contribution is -2.21. The van der Waals surface area contributed by atoms with Gasteiger partial charge in [-0.05, 0) is 38.5 Å². The van der Waals surface area contributed by atoms with Crippen molar-refractivity contribution in [1.29, 1.82) is 0 Å². The van der Waals surface area contributed by atoms with E-state index in [0.29, 0.717) is 22.2 Å². The maximum Gasteiger partial charge on any atom is 0.308 e. The summed E-state index contributed by atoms with van der Waals surface area (Å²) in [6.07, 6.45) is 0. The second-order valence-electron chi connectivity index (χ2n) is 5.40. The van der Waals surface area contributed by atoms with E-state index < -0.39 is 5.97 Å². The van der Waals surface area contributed by atoms with Crippen molar-refractivity contribution in [2.75, 3.05) is 5.32 Å². The molecule has 24 heavy (non-hydrogen) atoms. The highest BCUT2D eigenvalue weighted by Gasteiger charge is 2.18. The number of amides is 1. The Balaban J connectivity index is 2.16. The molecule has 0 aliphatic rings. The molecule has 1 unspecified atom stereocenters. The van der Waals surface area contributed by atoms with Gasteiger partial charge in [-0.3, -0.25) is 14.9 Å². The average Bonchev–Trinajstić information content (AvgIpc) is 2.50. The molecule has 1 aromatic carbocycles. The first-order valence-electron chi connectivity index (χ1n) is 7.38. The first-order chi connectivity index (χ1) is 11.3. The summed E-state index contributed by atoms with van der Waals surface area (Å²) < 4.78 is 5.07. The quantitative estimate of drug-likeness (QED) is 0.857. The zero-order valence-corrected chi connectivity index (χ0v) is 14.6. The Labute approximate surface area is 145 Å². The summed E-state index contributed by atoms with van der Waals surface area (Å²) in [5, 5.41) is 3.30. The number of anilines is 1. The van der Waals surface area contributed by atoms with Gasteiger partial charge in [0.15, 0.2) is 5.75 Å². The van der Waals surface area contributed by atoms with Crippen LogP contribution in [0.15, 0.2) is 24.3 Å². The maximum atomic E-state index is 12.4. The fourth-order valence-electron chi connectivity index (χ4n) is 2.17. The van der Waals surface area contributed by atoms with E-state index in [1.807, 2.05) is 0 Å². The monoisotopic (exact) mass is 347 g/mol. The largest absolute Gasteiger partial charge is 0.423 e. The van der Waals surface area contributed by atoms with Gasteiger partial charge < -0.3 is 4.74 Å². The average molecular weight is 348 g/mol. The minimum absolute atomic E-state index is 0.173. The first kappa shape index (κ1) is 17.9. The van der Waals surface area contributed by atoms with E-state index in [1.54, 1.807) is 45.0 Å². The highest BCUT2D eigenvalue weighted by molar-refractivity contribution is 6.30. The van der Waals surface area contributed by atoms with Crippen LogP contribution < -0.4 is 10.1 Å². The smallest absolute Gasteiger partial charge is 0.308 e. The molecule has 0 spiro atoms. The van der Waals surface area contributed by atoms with E-state index in [1.165, 1.54) is 6.92 Å². The van der Waals surface area contributed by atoms with Crippen molar-refractivity contribution in [3.05, 3.63) is 46.2 Å². The second-order valence-corrected chi connectivity index (χ2v) is 5.84. The van der Waals surface area contributed by atoms with Crippen molar-refractivity contribution in [3.8, 4) is 5.75 Å². The van der Waals surface area contributed by atoms with E-state index in [9.17, 15) is 9.59 Å². The number of esters is 1. The van der Waals surface area contributed by atoms with Gasteiger partial charge in [0.05, 0.1) is 17.3 Å². The van der Waals surface area contributed by atoms with E-state index in [2.05, 4.69) is 15.3 Å². The Morgan fingerprint density at radius 1 is 1.12 bits per heavy atom. The summed E-state index contributed by atoms with van der Waals surface area (Å²) in [5.74, 6) is -0.591. The van der Waals surface area contributed by atoms with Gasteiger partial charge in [0.2, 0.25) is 11.9 Å². The Kier molecular flexibility index (Phi) is 5.51. The van der Waals surface area contributed by atoms with Gasteiger partial charge in [0.25, 0.3) is 0 Å². The molecular formula is C17H18ClN3O3. The summed E-state index contributed by atoms with van der Waals surface area (Å²) in [4.78, 5) is 31.8. The highest BCUT2D eigenvalue weighted by Crippen LogP contribution is 2.23. The number of halogens is 1. The second kappa shape index (κ2) is 7.40. The van der Waals surface area contributed by atoms with Gasteiger partial charge in [0.1, 0.15) is 0 Å². The Morgan fingerprint density at radius 3 is 2.17 bits per heavy atom. The number of carbonyl (C=O) groups is 2. The van der Waals surface area contributed by atoms with Crippen LogP contribution in [-0.4, -0.2) is 21.8 Å². The van der Waals surface area contributed by atoms with Crippen LogP contribution in [0.25, 0.3) is 0 Å². The lowest BCUT2D eigenvalue weighted by atomic mass is 10.0. The molecule has 1 heterocycles. The van der Waals surface area contributed by atoms with Crippen LogP contribution in [0.1, 0.15) is 36.7 Å². The lowest BCUT2D eigenvalue weighted by Gasteiger charge is -2.14. The van der Waals surface area contributed by atoms with Gasteiger partial charge >= 0.3 is 5.97 Å². The van der Waals surface area contributed by atoms with Crippen molar-refractivity contribution in [3.63, 3.8) is 0 Å². The molecule has 0 saturated carbocycles. The number of ether oxygens (including phenoxy) is 1. The van der Waals surface area contributed by atoms with Crippen molar-refractivity contribution >= 4 is 29.4 Å². The van der Waals surface area contributed by atoms with Crippen molar-refractivity contribution in [2.24, 2.45) is 0 Å². The van der Waals surface area contributed by atoms with Gasteiger partial charge in [0, 0.05) is 11.9 Å². The van der Waals surface area contributed by atoms with E-state index in [0.717, 1.165) is 5.56 Å². The number of aromatic nitrogens is 2. The maximum absolute atomic E-state index is 12.4. The molecule has 6 nitrogen and oxygen atoms in total. The zero-order valence-electron chi connectivity index (χ0n) is 13.9. The number of hydrogen-bond acceptors (Lipinski definition) is 5. The molecule has 126 valence electrons. The third-order valence-electron chi connectivity index (χ3n) is 3.45. The van der Waals surface area contributed by atoms with E-state index in [-0.39, 0.29) is 17.8 Å². The molecule has 0 radical (unpaired) electrons. The molecule has 0 bridgehead atoms. The number of benzene rings is 1. The Bertz CT molecular complexity index is 752. The molecule has 0 saturated heterocycles.